The predicted molar refractivity (Wildman–Crippen MR) is 103 cm³/mol. The van der Waals surface area contributed by atoms with E-state index < -0.39 is 23.7 Å². The van der Waals surface area contributed by atoms with E-state index in [4.69, 9.17) is 9.47 Å². The number of esters is 1. The summed E-state index contributed by atoms with van der Waals surface area (Å²) in [6, 6.07) is -0.819. The van der Waals surface area contributed by atoms with E-state index in [1.165, 1.54) is 18.9 Å². The smallest absolute Gasteiger partial charge is 0.408 e. The lowest BCUT2D eigenvalue weighted by Crippen LogP contribution is -2.45. The maximum atomic E-state index is 12.2. The first-order chi connectivity index (χ1) is 11.9. The third-order valence-electron chi connectivity index (χ3n) is 3.92. The molecule has 0 radical (unpaired) electrons. The quantitative estimate of drug-likeness (QED) is 0.558. The molecule has 2 unspecified atom stereocenters. The Bertz CT molecular complexity index is 565. The normalized spacial score (nSPS) is 23.2. The molecule has 3 atom stereocenters. The molecule has 1 aliphatic rings. The molecule has 0 spiro atoms. The highest BCUT2D eigenvalue weighted by atomic mass is 32.2. The average molecular weight is 386 g/mol. The lowest BCUT2D eigenvalue weighted by atomic mass is 10.0. The molecule has 1 fully saturated rings. The largest absolute Gasteiger partial charge is 0.467 e. The van der Waals surface area contributed by atoms with Gasteiger partial charge in [0.2, 0.25) is 0 Å². The fourth-order valence-corrected chi connectivity index (χ4v) is 4.08. The maximum absolute atomic E-state index is 12.2. The molecule has 26 heavy (non-hydrogen) atoms. The molecular formula is C19H31NO5S. The molecule has 1 aliphatic carbocycles. The number of allylic oxidation sites excluding steroid dienone is 2. The highest BCUT2D eigenvalue weighted by molar-refractivity contribution is 8.00. The molecule has 0 heterocycles. The van der Waals surface area contributed by atoms with Crippen LogP contribution in [0.25, 0.3) is 0 Å². The van der Waals surface area contributed by atoms with E-state index in [9.17, 15) is 14.4 Å². The Hall–Kier alpha value is -1.50. The van der Waals surface area contributed by atoms with Gasteiger partial charge in [-0.2, -0.15) is 11.8 Å². The number of alkyl carbamates (subject to hydrolysis) is 1. The Balaban J connectivity index is 2.71. The highest BCUT2D eigenvalue weighted by Gasteiger charge is 2.36. The fourth-order valence-electron chi connectivity index (χ4n) is 2.72. The van der Waals surface area contributed by atoms with Crippen LogP contribution in [0.2, 0.25) is 0 Å². The van der Waals surface area contributed by atoms with Gasteiger partial charge in [0.1, 0.15) is 11.6 Å². The lowest BCUT2D eigenvalue weighted by molar-refractivity contribution is -0.142. The maximum Gasteiger partial charge on any atom is 0.408 e. The van der Waals surface area contributed by atoms with Crippen LogP contribution in [-0.4, -0.2) is 47.6 Å². The van der Waals surface area contributed by atoms with Crippen molar-refractivity contribution in [1.82, 2.24) is 5.32 Å². The minimum absolute atomic E-state index is 0.0834. The van der Waals surface area contributed by atoms with Crippen LogP contribution in [0.15, 0.2) is 11.6 Å². The summed E-state index contributed by atoms with van der Waals surface area (Å²) in [5, 5.41) is 2.65. The zero-order valence-corrected chi connectivity index (χ0v) is 17.6. The van der Waals surface area contributed by atoms with Crippen LogP contribution in [0.5, 0.6) is 0 Å². The number of carbonyl (C=O) groups excluding carboxylic acids is 3. The number of hydrogen-bond acceptors (Lipinski definition) is 6. The van der Waals surface area contributed by atoms with Gasteiger partial charge in [0.05, 0.1) is 7.11 Å². The van der Waals surface area contributed by atoms with Gasteiger partial charge >= 0.3 is 12.1 Å². The Morgan fingerprint density at radius 3 is 2.46 bits per heavy atom. The van der Waals surface area contributed by atoms with Gasteiger partial charge in [-0.1, -0.05) is 26.8 Å². The van der Waals surface area contributed by atoms with Gasteiger partial charge in [-0.25, -0.2) is 9.59 Å². The fraction of sp³-hybridized carbons (Fsp3) is 0.737. The first-order valence-corrected chi connectivity index (χ1v) is 9.93. The zero-order chi connectivity index (χ0) is 20.1. The van der Waals surface area contributed by atoms with Gasteiger partial charge in [0.15, 0.2) is 5.78 Å². The Morgan fingerprint density at radius 1 is 1.35 bits per heavy atom. The Kier molecular flexibility index (Phi) is 8.18. The van der Waals surface area contributed by atoms with Crippen molar-refractivity contribution < 1.29 is 23.9 Å². The molecule has 1 rings (SSSR count). The van der Waals surface area contributed by atoms with Crippen LogP contribution in [-0.2, 0) is 19.1 Å². The third-order valence-corrected chi connectivity index (χ3v) is 5.45. The summed E-state index contributed by atoms with van der Waals surface area (Å²) in [5.41, 5.74) is 0.216. The molecule has 6 nitrogen and oxygen atoms in total. The average Bonchev–Trinajstić information content (AvgIpc) is 2.76. The van der Waals surface area contributed by atoms with Crippen molar-refractivity contribution in [2.75, 3.05) is 12.9 Å². The number of nitrogens with one attached hydrogen (secondary N) is 1. The van der Waals surface area contributed by atoms with Crippen LogP contribution in [0.1, 0.15) is 48.0 Å². The van der Waals surface area contributed by atoms with Crippen LogP contribution in [0.3, 0.4) is 0 Å². The van der Waals surface area contributed by atoms with E-state index in [0.29, 0.717) is 18.1 Å². The second-order valence-corrected chi connectivity index (χ2v) is 9.15. The van der Waals surface area contributed by atoms with Crippen molar-refractivity contribution in [2.24, 2.45) is 11.8 Å². The molecule has 7 heteroatoms. The van der Waals surface area contributed by atoms with Crippen molar-refractivity contribution >= 4 is 29.6 Å². The van der Waals surface area contributed by atoms with E-state index in [-0.39, 0.29) is 17.0 Å². The van der Waals surface area contributed by atoms with Crippen molar-refractivity contribution in [1.29, 1.82) is 0 Å². The second kappa shape index (κ2) is 9.44. The van der Waals surface area contributed by atoms with Crippen LogP contribution < -0.4 is 5.32 Å². The molecule has 1 saturated carbocycles. The second-order valence-electron chi connectivity index (χ2n) is 7.88. The highest BCUT2D eigenvalue weighted by Crippen LogP contribution is 2.37. The van der Waals surface area contributed by atoms with E-state index >= 15 is 0 Å². The van der Waals surface area contributed by atoms with Crippen molar-refractivity contribution in [3.05, 3.63) is 11.6 Å². The van der Waals surface area contributed by atoms with E-state index in [1.54, 1.807) is 20.8 Å². The number of methoxy groups -OCH3 is 1. The van der Waals surface area contributed by atoms with Crippen LogP contribution in [0.4, 0.5) is 4.79 Å². The molecule has 148 valence electrons. The van der Waals surface area contributed by atoms with E-state index in [2.05, 4.69) is 5.32 Å². The minimum atomic E-state index is -0.819. The molecule has 0 aromatic carbocycles. The molecule has 0 aromatic rings. The van der Waals surface area contributed by atoms with Gasteiger partial charge in [-0.05, 0) is 38.2 Å². The van der Waals surface area contributed by atoms with E-state index in [0.717, 1.165) is 5.57 Å². The summed E-state index contributed by atoms with van der Waals surface area (Å²) in [4.78, 5) is 36.2. The summed E-state index contributed by atoms with van der Waals surface area (Å²) in [7, 11) is 1.28. The number of amides is 1. The van der Waals surface area contributed by atoms with Gasteiger partial charge in [0, 0.05) is 17.4 Å². The molecule has 0 bridgehead atoms. The zero-order valence-electron chi connectivity index (χ0n) is 16.8. The van der Waals surface area contributed by atoms with E-state index in [1.807, 2.05) is 26.8 Å². The van der Waals surface area contributed by atoms with Gasteiger partial charge in [0.25, 0.3) is 0 Å². The lowest BCUT2D eigenvalue weighted by Gasteiger charge is -2.23. The number of Topliss-reactive ketones (excluding diaryl/α,β-unsaturated/α-hetero) is 1. The molecule has 0 aliphatic heterocycles. The molecular weight excluding hydrogens is 354 g/mol. The predicted octanol–water partition coefficient (Wildman–Crippen LogP) is 3.35. The number of hydrogen-bond donors (Lipinski definition) is 1. The molecule has 0 saturated heterocycles. The van der Waals surface area contributed by atoms with Gasteiger partial charge < -0.3 is 14.8 Å². The van der Waals surface area contributed by atoms with Crippen molar-refractivity contribution in [3.63, 3.8) is 0 Å². The Labute approximate surface area is 160 Å². The number of thioether (sulfide) groups is 1. The number of ether oxygens (including phenoxy) is 2. The summed E-state index contributed by atoms with van der Waals surface area (Å²) >= 11 is 1.51. The SMILES string of the molecule is COC(=O)[C@H](CSC1CC(=O)C(=CC(C)C)C1C)NC(=O)OC(C)(C)C. The number of ketones is 1. The molecule has 1 amide bonds. The summed E-state index contributed by atoms with van der Waals surface area (Å²) in [5.74, 6) is 0.395. The summed E-state index contributed by atoms with van der Waals surface area (Å²) in [6.07, 6.45) is 1.80. The Morgan fingerprint density at radius 2 is 1.96 bits per heavy atom. The molecule has 0 aromatic heterocycles. The van der Waals surface area contributed by atoms with Crippen molar-refractivity contribution in [3.8, 4) is 0 Å². The summed E-state index contributed by atoms with van der Waals surface area (Å²) < 4.78 is 9.98. The standard InChI is InChI=1S/C19H31NO5S/c1-11(2)8-13-12(3)16(9-15(13)21)26-10-14(17(22)24-7)20-18(23)25-19(4,5)6/h8,11-12,14,16H,9-10H2,1-7H3,(H,20,23)/t12?,14-,16?/m0/s1. The monoisotopic (exact) mass is 385 g/mol. The first-order valence-electron chi connectivity index (χ1n) is 8.88. The number of rotatable bonds is 6. The summed E-state index contributed by atoms with van der Waals surface area (Å²) in [6.45, 7) is 11.4. The van der Waals surface area contributed by atoms with Gasteiger partial charge in [-0.15, -0.1) is 0 Å². The van der Waals surface area contributed by atoms with Crippen LogP contribution in [0, 0.1) is 11.8 Å². The van der Waals surface area contributed by atoms with Crippen LogP contribution >= 0.6 is 11.8 Å². The van der Waals surface area contributed by atoms with Gasteiger partial charge in [-0.3, -0.25) is 4.79 Å². The van der Waals surface area contributed by atoms with Crippen molar-refractivity contribution in [2.45, 2.75) is 64.9 Å². The topological polar surface area (TPSA) is 81.7 Å². The first kappa shape index (κ1) is 22.5. The number of carbonyl (C=O) groups is 3. The molecule has 1 N–H and O–H groups in total. The third kappa shape index (κ3) is 7.02. The minimum Gasteiger partial charge on any atom is -0.467 e.